The Balaban J connectivity index is 2.62. The lowest BCUT2D eigenvalue weighted by Crippen LogP contribution is -2.06. The van der Waals surface area contributed by atoms with E-state index >= 15 is 0 Å². The van der Waals surface area contributed by atoms with Gasteiger partial charge in [-0.1, -0.05) is 23.2 Å². The summed E-state index contributed by atoms with van der Waals surface area (Å²) in [6, 6.07) is 2.36. The molecule has 0 unspecified atom stereocenters. The van der Waals surface area contributed by atoms with Gasteiger partial charge in [-0.2, -0.15) is 0 Å². The van der Waals surface area contributed by atoms with Crippen molar-refractivity contribution < 1.29 is 18.7 Å². The number of hydrogen-bond acceptors (Lipinski definition) is 3. The van der Waals surface area contributed by atoms with Crippen LogP contribution in [0, 0.1) is 5.82 Å². The molecule has 0 N–H and O–H groups in total. The van der Waals surface area contributed by atoms with Crippen molar-refractivity contribution in [2.24, 2.45) is 0 Å². The van der Waals surface area contributed by atoms with E-state index < -0.39 is 5.82 Å². The van der Waals surface area contributed by atoms with Crippen LogP contribution in [0.5, 0.6) is 0 Å². The molecule has 0 saturated carbocycles. The van der Waals surface area contributed by atoms with Gasteiger partial charge in [0.2, 0.25) is 0 Å². The van der Waals surface area contributed by atoms with Crippen molar-refractivity contribution in [2.75, 3.05) is 6.61 Å². The molecule has 1 aromatic carbocycles. The molecule has 0 atom stereocenters. The van der Waals surface area contributed by atoms with Crippen LogP contribution in [0.2, 0.25) is 10.0 Å². The van der Waals surface area contributed by atoms with Crippen LogP contribution in [0.25, 0.3) is 0 Å². The van der Waals surface area contributed by atoms with Gasteiger partial charge < -0.3 is 4.74 Å². The summed E-state index contributed by atoms with van der Waals surface area (Å²) in [5.41, 5.74) is 0.0375. The Morgan fingerprint density at radius 3 is 2.58 bits per heavy atom. The van der Waals surface area contributed by atoms with Crippen molar-refractivity contribution in [3.8, 4) is 0 Å². The normalized spacial score (nSPS) is 10.3. The van der Waals surface area contributed by atoms with Crippen molar-refractivity contribution >= 4 is 35.0 Å². The fraction of sp³-hybridized carbons (Fsp3) is 0.385. The van der Waals surface area contributed by atoms with Gasteiger partial charge >= 0.3 is 5.97 Å². The van der Waals surface area contributed by atoms with Crippen molar-refractivity contribution in [3.05, 3.63) is 33.6 Å². The molecule has 104 valence electrons. The van der Waals surface area contributed by atoms with E-state index in [2.05, 4.69) is 0 Å². The largest absolute Gasteiger partial charge is 0.466 e. The first-order valence-corrected chi connectivity index (χ1v) is 6.54. The van der Waals surface area contributed by atoms with E-state index in [1.54, 1.807) is 6.92 Å². The summed E-state index contributed by atoms with van der Waals surface area (Å²) < 4.78 is 18.0. The quantitative estimate of drug-likeness (QED) is 0.452. The molecule has 1 rings (SSSR count). The van der Waals surface area contributed by atoms with Crippen molar-refractivity contribution in [3.63, 3.8) is 0 Å². The van der Waals surface area contributed by atoms with E-state index in [9.17, 15) is 14.0 Å². The van der Waals surface area contributed by atoms with Gasteiger partial charge in [-0.15, -0.1) is 0 Å². The topological polar surface area (TPSA) is 43.4 Å². The minimum Gasteiger partial charge on any atom is -0.466 e. The maximum atomic E-state index is 13.3. The third kappa shape index (κ3) is 4.80. The molecule has 0 aliphatic rings. The van der Waals surface area contributed by atoms with Crippen molar-refractivity contribution in [1.29, 1.82) is 0 Å². The van der Waals surface area contributed by atoms with Gasteiger partial charge in [0, 0.05) is 23.4 Å². The van der Waals surface area contributed by atoms with Crippen LogP contribution in [-0.4, -0.2) is 18.4 Å². The zero-order valence-electron chi connectivity index (χ0n) is 10.3. The summed E-state index contributed by atoms with van der Waals surface area (Å²) in [5.74, 6) is -1.45. The third-order valence-corrected chi connectivity index (χ3v) is 2.99. The van der Waals surface area contributed by atoms with E-state index in [0.29, 0.717) is 13.0 Å². The second-order valence-electron chi connectivity index (χ2n) is 3.83. The number of benzene rings is 1. The molecule has 0 aliphatic carbocycles. The average molecular weight is 307 g/mol. The summed E-state index contributed by atoms with van der Waals surface area (Å²) in [6.07, 6.45) is 0.542. The highest BCUT2D eigenvalue weighted by molar-refractivity contribution is 6.36. The Hall–Kier alpha value is -1.13. The summed E-state index contributed by atoms with van der Waals surface area (Å²) >= 11 is 11.4. The van der Waals surface area contributed by atoms with Crippen LogP contribution < -0.4 is 0 Å². The monoisotopic (exact) mass is 306 g/mol. The first kappa shape index (κ1) is 15.9. The first-order valence-electron chi connectivity index (χ1n) is 5.79. The summed E-state index contributed by atoms with van der Waals surface area (Å²) in [6.45, 7) is 2.01. The van der Waals surface area contributed by atoms with E-state index in [-0.39, 0.29) is 40.2 Å². The van der Waals surface area contributed by atoms with Crippen LogP contribution >= 0.6 is 23.2 Å². The minimum absolute atomic E-state index is 0.0375. The van der Waals surface area contributed by atoms with Gasteiger partial charge in [0.25, 0.3) is 0 Å². The van der Waals surface area contributed by atoms with Crippen LogP contribution in [0.15, 0.2) is 12.1 Å². The Bertz CT molecular complexity index is 489. The van der Waals surface area contributed by atoms with Gasteiger partial charge in [0.05, 0.1) is 11.6 Å². The molecule has 6 heteroatoms. The van der Waals surface area contributed by atoms with Gasteiger partial charge in [-0.3, -0.25) is 9.59 Å². The maximum Gasteiger partial charge on any atom is 0.305 e. The van der Waals surface area contributed by atoms with Crippen LogP contribution in [0.3, 0.4) is 0 Å². The van der Waals surface area contributed by atoms with Crippen molar-refractivity contribution in [1.82, 2.24) is 0 Å². The number of Topliss-reactive ketones (excluding diaryl/α,β-unsaturated/α-hetero) is 1. The Kier molecular flexibility index (Phi) is 6.25. The Labute approximate surface area is 120 Å². The summed E-state index contributed by atoms with van der Waals surface area (Å²) in [5, 5.41) is -0.138. The minimum atomic E-state index is -0.733. The molecule has 0 radical (unpaired) electrons. The molecule has 0 amide bonds. The number of carbonyl (C=O) groups excluding carboxylic acids is 2. The first-order chi connectivity index (χ1) is 8.95. The number of ketones is 1. The Morgan fingerprint density at radius 2 is 1.95 bits per heavy atom. The number of esters is 1. The molecule has 0 bridgehead atoms. The summed E-state index contributed by atoms with van der Waals surface area (Å²) in [4.78, 5) is 22.9. The lowest BCUT2D eigenvalue weighted by molar-refractivity contribution is -0.143. The summed E-state index contributed by atoms with van der Waals surface area (Å²) in [7, 11) is 0. The molecule has 0 aliphatic heterocycles. The second kappa shape index (κ2) is 7.46. The maximum absolute atomic E-state index is 13.3. The van der Waals surface area contributed by atoms with Crippen LogP contribution in [0.1, 0.15) is 36.5 Å². The predicted molar refractivity (Wildman–Crippen MR) is 71.2 cm³/mol. The number of hydrogen-bond donors (Lipinski definition) is 0. The van der Waals surface area contributed by atoms with E-state index in [4.69, 9.17) is 27.9 Å². The number of halogens is 3. The van der Waals surface area contributed by atoms with E-state index in [1.807, 2.05) is 0 Å². The fourth-order valence-corrected chi connectivity index (χ4v) is 1.94. The smallest absolute Gasteiger partial charge is 0.305 e. The van der Waals surface area contributed by atoms with E-state index in [1.165, 1.54) is 6.07 Å². The van der Waals surface area contributed by atoms with Gasteiger partial charge in [0.1, 0.15) is 5.82 Å². The third-order valence-electron chi connectivity index (χ3n) is 2.38. The van der Waals surface area contributed by atoms with Gasteiger partial charge in [0.15, 0.2) is 5.78 Å². The molecule has 0 aromatic heterocycles. The average Bonchev–Trinajstić information content (AvgIpc) is 2.33. The van der Waals surface area contributed by atoms with Crippen molar-refractivity contribution in [2.45, 2.75) is 26.2 Å². The molecule has 0 heterocycles. The molecule has 0 saturated heterocycles. The lowest BCUT2D eigenvalue weighted by atomic mass is 10.1. The molecular weight excluding hydrogens is 294 g/mol. The molecule has 1 aromatic rings. The lowest BCUT2D eigenvalue weighted by Gasteiger charge is -2.05. The highest BCUT2D eigenvalue weighted by atomic mass is 35.5. The highest BCUT2D eigenvalue weighted by Crippen LogP contribution is 2.26. The zero-order chi connectivity index (χ0) is 14.4. The van der Waals surface area contributed by atoms with E-state index in [0.717, 1.165) is 6.07 Å². The van der Waals surface area contributed by atoms with Crippen LogP contribution in [0.4, 0.5) is 4.39 Å². The van der Waals surface area contributed by atoms with Crippen LogP contribution in [-0.2, 0) is 9.53 Å². The number of carbonyl (C=O) groups is 2. The number of ether oxygens (including phenoxy) is 1. The zero-order valence-corrected chi connectivity index (χ0v) is 11.9. The van der Waals surface area contributed by atoms with Gasteiger partial charge in [-0.05, 0) is 25.5 Å². The molecule has 0 fully saturated rings. The molecule has 0 spiro atoms. The number of rotatable bonds is 6. The fourth-order valence-electron chi connectivity index (χ4n) is 1.52. The highest BCUT2D eigenvalue weighted by Gasteiger charge is 2.15. The Morgan fingerprint density at radius 1 is 1.26 bits per heavy atom. The molecular formula is C13H13Cl2FO3. The second-order valence-corrected chi connectivity index (χ2v) is 4.65. The van der Waals surface area contributed by atoms with Gasteiger partial charge in [-0.25, -0.2) is 4.39 Å². The SMILES string of the molecule is CCOC(=O)CCCC(=O)c1cc(Cl)cc(F)c1Cl. The predicted octanol–water partition coefficient (Wildman–Crippen LogP) is 4.05. The molecule has 3 nitrogen and oxygen atoms in total. The standard InChI is InChI=1S/C13H13Cl2FO3/c1-2-19-12(18)5-3-4-11(17)9-6-8(14)7-10(16)13(9)15/h6-7H,2-5H2,1H3. The molecule has 19 heavy (non-hydrogen) atoms.